The molecule has 0 atom stereocenters. The molecular formula is C14H11N3O5. The summed E-state index contributed by atoms with van der Waals surface area (Å²) in [6.45, 7) is 0. The quantitative estimate of drug-likeness (QED) is 0.262. The molecule has 0 fully saturated rings. The number of carbonyl (C=O) groups is 1. The molecule has 0 saturated carbocycles. The SMILES string of the molecule is O=C(Nc1ccc([N+](=O)[O-])cc1O)/C(=N/O)c1ccccc1. The standard InChI is InChI=1S/C14H11N3O5/c18-12-8-10(17(21)22)6-7-11(12)15-14(19)13(16-20)9-4-2-1-3-5-9/h1-8,18,20H,(H,15,19)/b16-13+. The Balaban J connectivity index is 2.23. The summed E-state index contributed by atoms with van der Waals surface area (Å²) in [5, 5.41) is 34.5. The van der Waals surface area contributed by atoms with Crippen molar-refractivity contribution in [2.45, 2.75) is 0 Å². The smallest absolute Gasteiger partial charge is 0.278 e. The normalized spacial score (nSPS) is 11.0. The van der Waals surface area contributed by atoms with Crippen LogP contribution in [0.2, 0.25) is 0 Å². The molecule has 1 amide bonds. The van der Waals surface area contributed by atoms with Crippen LogP contribution in [0.3, 0.4) is 0 Å². The average molecular weight is 301 g/mol. The monoisotopic (exact) mass is 301 g/mol. The Bertz CT molecular complexity index is 743. The Morgan fingerprint density at radius 3 is 2.41 bits per heavy atom. The van der Waals surface area contributed by atoms with Crippen molar-refractivity contribution >= 4 is 23.0 Å². The van der Waals surface area contributed by atoms with Crippen LogP contribution in [0.25, 0.3) is 0 Å². The number of rotatable bonds is 4. The summed E-state index contributed by atoms with van der Waals surface area (Å²) in [6.07, 6.45) is 0. The number of nitro groups is 1. The van der Waals surface area contributed by atoms with Crippen molar-refractivity contribution < 1.29 is 20.0 Å². The maximum atomic E-state index is 12.1. The minimum atomic E-state index is -0.766. The van der Waals surface area contributed by atoms with E-state index >= 15 is 0 Å². The van der Waals surface area contributed by atoms with E-state index in [0.717, 1.165) is 12.1 Å². The van der Waals surface area contributed by atoms with Crippen LogP contribution in [0.5, 0.6) is 5.75 Å². The molecule has 8 nitrogen and oxygen atoms in total. The van der Waals surface area contributed by atoms with Crippen LogP contribution < -0.4 is 5.32 Å². The van der Waals surface area contributed by atoms with Crippen molar-refractivity contribution in [2.75, 3.05) is 5.32 Å². The molecule has 0 aliphatic rings. The number of phenolic OH excluding ortho intramolecular Hbond substituents is 1. The molecule has 0 bridgehead atoms. The lowest BCUT2D eigenvalue weighted by atomic mass is 10.1. The van der Waals surface area contributed by atoms with Gasteiger partial charge in [0.15, 0.2) is 5.71 Å². The van der Waals surface area contributed by atoms with E-state index in [0.29, 0.717) is 5.56 Å². The van der Waals surface area contributed by atoms with E-state index in [1.807, 2.05) is 0 Å². The number of hydrogen-bond donors (Lipinski definition) is 3. The zero-order chi connectivity index (χ0) is 16.1. The summed E-state index contributed by atoms with van der Waals surface area (Å²) in [6, 6.07) is 11.4. The first-order valence-electron chi connectivity index (χ1n) is 6.09. The molecule has 0 saturated heterocycles. The van der Waals surface area contributed by atoms with Gasteiger partial charge in [-0.25, -0.2) is 0 Å². The van der Waals surface area contributed by atoms with Gasteiger partial charge < -0.3 is 15.6 Å². The number of anilines is 1. The van der Waals surface area contributed by atoms with Gasteiger partial charge in [-0.05, 0) is 6.07 Å². The molecule has 112 valence electrons. The van der Waals surface area contributed by atoms with Crippen molar-refractivity contribution in [1.82, 2.24) is 0 Å². The topological polar surface area (TPSA) is 125 Å². The van der Waals surface area contributed by atoms with Gasteiger partial charge in [-0.15, -0.1) is 0 Å². The van der Waals surface area contributed by atoms with Crippen LogP contribution in [0, 0.1) is 10.1 Å². The number of hydrogen-bond acceptors (Lipinski definition) is 6. The largest absolute Gasteiger partial charge is 0.506 e. The third-order valence-electron chi connectivity index (χ3n) is 2.80. The zero-order valence-electron chi connectivity index (χ0n) is 11.1. The number of phenols is 1. The lowest BCUT2D eigenvalue weighted by molar-refractivity contribution is -0.384. The van der Waals surface area contributed by atoms with Crippen molar-refractivity contribution in [1.29, 1.82) is 0 Å². The van der Waals surface area contributed by atoms with Gasteiger partial charge >= 0.3 is 0 Å². The second-order valence-electron chi connectivity index (χ2n) is 4.23. The first-order chi connectivity index (χ1) is 10.5. The average Bonchev–Trinajstić information content (AvgIpc) is 2.51. The fourth-order valence-corrected chi connectivity index (χ4v) is 1.75. The highest BCUT2D eigenvalue weighted by molar-refractivity contribution is 6.48. The first-order valence-corrected chi connectivity index (χ1v) is 6.09. The molecule has 8 heteroatoms. The van der Waals surface area contributed by atoms with Gasteiger partial charge in [0.05, 0.1) is 16.7 Å². The van der Waals surface area contributed by atoms with Gasteiger partial charge in [-0.1, -0.05) is 35.5 Å². The summed E-state index contributed by atoms with van der Waals surface area (Å²) < 4.78 is 0. The van der Waals surface area contributed by atoms with Gasteiger partial charge in [-0.3, -0.25) is 14.9 Å². The van der Waals surface area contributed by atoms with E-state index in [4.69, 9.17) is 5.21 Å². The molecule has 3 N–H and O–H groups in total. The fraction of sp³-hybridized carbons (Fsp3) is 0. The second kappa shape index (κ2) is 6.35. The lowest BCUT2D eigenvalue weighted by Crippen LogP contribution is -2.24. The number of carbonyl (C=O) groups excluding carboxylic acids is 1. The second-order valence-corrected chi connectivity index (χ2v) is 4.23. The van der Waals surface area contributed by atoms with Crippen LogP contribution in [0.1, 0.15) is 5.56 Å². The number of benzene rings is 2. The Kier molecular flexibility index (Phi) is 4.33. The number of non-ortho nitro benzene ring substituents is 1. The van der Waals surface area contributed by atoms with Gasteiger partial charge in [0.25, 0.3) is 11.6 Å². The zero-order valence-corrected chi connectivity index (χ0v) is 11.1. The van der Waals surface area contributed by atoms with E-state index in [2.05, 4.69) is 10.5 Å². The molecule has 0 aliphatic heterocycles. The molecule has 2 rings (SSSR count). The van der Waals surface area contributed by atoms with Gasteiger partial charge in [0.1, 0.15) is 5.75 Å². The van der Waals surface area contributed by atoms with Crippen molar-refractivity contribution in [2.24, 2.45) is 5.16 Å². The Labute approximate surface area is 124 Å². The van der Waals surface area contributed by atoms with Crippen LogP contribution in [0.4, 0.5) is 11.4 Å². The summed E-state index contributed by atoms with van der Waals surface area (Å²) in [5.74, 6) is -1.23. The Hall–Kier alpha value is -3.42. The molecule has 2 aromatic carbocycles. The van der Waals surface area contributed by atoms with Gasteiger partial charge in [0.2, 0.25) is 0 Å². The van der Waals surface area contributed by atoms with Crippen molar-refractivity contribution in [3.8, 4) is 5.75 Å². The number of aromatic hydroxyl groups is 1. The highest BCUT2D eigenvalue weighted by Crippen LogP contribution is 2.27. The van der Waals surface area contributed by atoms with E-state index < -0.39 is 16.6 Å². The molecule has 22 heavy (non-hydrogen) atoms. The third-order valence-corrected chi connectivity index (χ3v) is 2.80. The molecule has 2 aromatic rings. The minimum Gasteiger partial charge on any atom is -0.506 e. The van der Waals surface area contributed by atoms with Crippen LogP contribution in [-0.4, -0.2) is 26.9 Å². The molecule has 0 unspecified atom stereocenters. The number of oxime groups is 1. The summed E-state index contributed by atoms with van der Waals surface area (Å²) >= 11 is 0. The number of nitrogens with one attached hydrogen (secondary N) is 1. The summed E-state index contributed by atoms with van der Waals surface area (Å²) in [4.78, 5) is 22.0. The van der Waals surface area contributed by atoms with Crippen molar-refractivity contribution in [3.05, 3.63) is 64.2 Å². The van der Waals surface area contributed by atoms with Gasteiger partial charge in [-0.2, -0.15) is 0 Å². The van der Waals surface area contributed by atoms with Crippen LogP contribution in [-0.2, 0) is 4.79 Å². The highest BCUT2D eigenvalue weighted by Gasteiger charge is 2.17. The molecular weight excluding hydrogens is 290 g/mol. The molecule has 0 heterocycles. The van der Waals surface area contributed by atoms with Crippen LogP contribution >= 0.6 is 0 Å². The van der Waals surface area contributed by atoms with Crippen LogP contribution in [0.15, 0.2) is 53.7 Å². The number of amides is 1. The predicted octanol–water partition coefficient (Wildman–Crippen LogP) is 2.12. The summed E-state index contributed by atoms with van der Waals surface area (Å²) in [5.41, 5.74) is -0.218. The molecule has 0 spiro atoms. The number of nitro benzene ring substituents is 1. The van der Waals surface area contributed by atoms with Gasteiger partial charge in [0, 0.05) is 11.6 Å². The molecule has 0 radical (unpaired) electrons. The molecule has 0 aliphatic carbocycles. The first kappa shape index (κ1) is 15.0. The van der Waals surface area contributed by atoms with E-state index in [1.54, 1.807) is 30.3 Å². The summed E-state index contributed by atoms with van der Waals surface area (Å²) in [7, 11) is 0. The minimum absolute atomic E-state index is 0.0346. The maximum Gasteiger partial charge on any atom is 0.278 e. The van der Waals surface area contributed by atoms with Crippen molar-refractivity contribution in [3.63, 3.8) is 0 Å². The maximum absolute atomic E-state index is 12.1. The highest BCUT2D eigenvalue weighted by atomic mass is 16.6. The Morgan fingerprint density at radius 2 is 1.86 bits per heavy atom. The Morgan fingerprint density at radius 1 is 1.18 bits per heavy atom. The number of nitrogens with zero attached hydrogens (tertiary/aromatic N) is 2. The molecule has 0 aromatic heterocycles. The fourth-order valence-electron chi connectivity index (χ4n) is 1.75. The third kappa shape index (κ3) is 3.18. The predicted molar refractivity (Wildman–Crippen MR) is 78.2 cm³/mol. The van der Waals surface area contributed by atoms with E-state index in [9.17, 15) is 20.0 Å². The van der Waals surface area contributed by atoms with E-state index in [1.165, 1.54) is 6.07 Å². The van der Waals surface area contributed by atoms with E-state index in [-0.39, 0.29) is 17.1 Å². The lowest BCUT2D eigenvalue weighted by Gasteiger charge is -2.08.